The lowest BCUT2D eigenvalue weighted by Crippen LogP contribution is -2.39. The number of amides is 1. The van der Waals surface area contributed by atoms with E-state index in [9.17, 15) is 18.0 Å². The summed E-state index contributed by atoms with van der Waals surface area (Å²) in [6.07, 6.45) is -4.49. The normalized spacial score (nSPS) is 13.5. The van der Waals surface area contributed by atoms with E-state index in [0.717, 1.165) is 6.07 Å². The summed E-state index contributed by atoms with van der Waals surface area (Å²) in [5.41, 5.74) is 4.84. The van der Waals surface area contributed by atoms with E-state index in [1.807, 2.05) is 0 Å². The molecule has 1 atom stereocenters. The maximum atomic E-state index is 12.7. The Morgan fingerprint density at radius 3 is 2.42 bits per heavy atom. The van der Waals surface area contributed by atoms with Gasteiger partial charge < -0.3 is 11.1 Å². The van der Waals surface area contributed by atoms with Crippen LogP contribution >= 0.6 is 15.9 Å². The molecule has 0 aromatic heterocycles. The Kier molecular flexibility index (Phi) is 4.98. The lowest BCUT2D eigenvalue weighted by molar-refractivity contribution is -0.138. The molecule has 1 amide bonds. The molecule has 0 aliphatic heterocycles. The Hall–Kier alpha value is -1.08. The van der Waals surface area contributed by atoms with Crippen molar-refractivity contribution in [2.45, 2.75) is 26.1 Å². The third-order valence-corrected chi connectivity index (χ3v) is 3.25. The van der Waals surface area contributed by atoms with Crippen molar-refractivity contribution in [3.8, 4) is 0 Å². The fourth-order valence-corrected chi connectivity index (χ4v) is 1.82. The van der Waals surface area contributed by atoms with E-state index >= 15 is 0 Å². The number of benzene rings is 1. The summed E-state index contributed by atoms with van der Waals surface area (Å²) in [5.74, 6) is -0.608. The Bertz CT molecular complexity index is 475. The van der Waals surface area contributed by atoms with Crippen molar-refractivity contribution in [2.75, 3.05) is 5.32 Å². The number of halogens is 4. The minimum Gasteiger partial charge on any atom is -0.325 e. The number of hydrogen-bond acceptors (Lipinski definition) is 2. The van der Waals surface area contributed by atoms with Gasteiger partial charge in [-0.25, -0.2) is 0 Å². The van der Waals surface area contributed by atoms with E-state index in [0.29, 0.717) is 0 Å². The molecule has 3 nitrogen and oxygen atoms in total. The highest BCUT2D eigenvalue weighted by Crippen LogP contribution is 2.36. The highest BCUT2D eigenvalue weighted by Gasteiger charge is 2.33. The Labute approximate surface area is 117 Å². The first-order chi connectivity index (χ1) is 8.62. The van der Waals surface area contributed by atoms with Gasteiger partial charge in [0.05, 0.1) is 11.6 Å². The van der Waals surface area contributed by atoms with Gasteiger partial charge in [0, 0.05) is 10.2 Å². The number of nitrogens with one attached hydrogen (secondary N) is 1. The molecule has 1 rings (SSSR count). The Morgan fingerprint density at radius 2 is 1.95 bits per heavy atom. The predicted octanol–water partition coefficient (Wildman–Crippen LogP) is 3.39. The van der Waals surface area contributed by atoms with Gasteiger partial charge in [-0.05, 0) is 24.1 Å². The third-order valence-electron chi connectivity index (χ3n) is 2.56. The zero-order valence-electron chi connectivity index (χ0n) is 10.4. The largest absolute Gasteiger partial charge is 0.417 e. The maximum absolute atomic E-state index is 12.7. The van der Waals surface area contributed by atoms with Crippen molar-refractivity contribution in [3.63, 3.8) is 0 Å². The molecule has 19 heavy (non-hydrogen) atoms. The van der Waals surface area contributed by atoms with Crippen molar-refractivity contribution < 1.29 is 18.0 Å². The number of anilines is 1. The van der Waals surface area contributed by atoms with Crippen LogP contribution in [0.25, 0.3) is 0 Å². The fourth-order valence-electron chi connectivity index (χ4n) is 1.35. The van der Waals surface area contributed by atoms with Crippen LogP contribution in [0.4, 0.5) is 18.9 Å². The summed E-state index contributed by atoms with van der Waals surface area (Å²) in [4.78, 5) is 11.7. The summed E-state index contributed by atoms with van der Waals surface area (Å²) in [6, 6.07) is 2.72. The van der Waals surface area contributed by atoms with Gasteiger partial charge in [-0.1, -0.05) is 29.8 Å². The lowest BCUT2D eigenvalue weighted by atomic mass is 10.0. The number of carbonyl (C=O) groups is 1. The highest BCUT2D eigenvalue weighted by atomic mass is 79.9. The van der Waals surface area contributed by atoms with Gasteiger partial charge in [0.2, 0.25) is 5.91 Å². The molecule has 0 saturated heterocycles. The molecule has 0 saturated carbocycles. The van der Waals surface area contributed by atoms with E-state index < -0.39 is 23.7 Å². The Morgan fingerprint density at radius 1 is 1.37 bits per heavy atom. The highest BCUT2D eigenvalue weighted by molar-refractivity contribution is 9.10. The minimum absolute atomic E-state index is 0.0663. The minimum atomic E-state index is -4.49. The zero-order chi connectivity index (χ0) is 14.8. The van der Waals surface area contributed by atoms with Gasteiger partial charge in [0.1, 0.15) is 0 Å². The van der Waals surface area contributed by atoms with Gasteiger partial charge in [-0.2, -0.15) is 13.2 Å². The first-order valence-electron chi connectivity index (χ1n) is 5.56. The molecule has 106 valence electrons. The van der Waals surface area contributed by atoms with E-state index in [1.165, 1.54) is 12.1 Å². The van der Waals surface area contributed by atoms with Gasteiger partial charge in [0.25, 0.3) is 0 Å². The number of alkyl halides is 3. The van der Waals surface area contributed by atoms with E-state index in [-0.39, 0.29) is 16.1 Å². The average molecular weight is 339 g/mol. The summed E-state index contributed by atoms with van der Waals surface area (Å²) >= 11 is 2.83. The molecule has 0 aliphatic rings. The smallest absolute Gasteiger partial charge is 0.325 e. The third kappa shape index (κ3) is 4.21. The van der Waals surface area contributed by atoms with Gasteiger partial charge in [0.15, 0.2) is 0 Å². The molecular formula is C12H14BrF3N2O. The molecular weight excluding hydrogens is 325 g/mol. The second kappa shape index (κ2) is 5.92. The van der Waals surface area contributed by atoms with E-state index in [4.69, 9.17) is 5.73 Å². The topological polar surface area (TPSA) is 55.1 Å². The zero-order valence-corrected chi connectivity index (χ0v) is 12.0. The van der Waals surface area contributed by atoms with Crippen LogP contribution in [0.3, 0.4) is 0 Å². The monoisotopic (exact) mass is 338 g/mol. The molecule has 1 aromatic carbocycles. The van der Waals surface area contributed by atoms with Crippen LogP contribution in [0.15, 0.2) is 22.7 Å². The first kappa shape index (κ1) is 16.0. The first-order valence-corrected chi connectivity index (χ1v) is 6.35. The molecule has 0 fully saturated rings. The maximum Gasteiger partial charge on any atom is 0.417 e. The summed E-state index contributed by atoms with van der Waals surface area (Å²) < 4.78 is 38.0. The van der Waals surface area contributed by atoms with Crippen LogP contribution in [0.1, 0.15) is 19.4 Å². The van der Waals surface area contributed by atoms with Crippen molar-refractivity contribution in [2.24, 2.45) is 11.7 Å². The lowest BCUT2D eigenvalue weighted by Gasteiger charge is -2.16. The van der Waals surface area contributed by atoms with Crippen LogP contribution in [0.5, 0.6) is 0 Å². The quantitative estimate of drug-likeness (QED) is 0.887. The van der Waals surface area contributed by atoms with Crippen molar-refractivity contribution in [1.82, 2.24) is 0 Å². The molecule has 0 radical (unpaired) electrons. The molecule has 7 heteroatoms. The Balaban J connectivity index is 2.95. The van der Waals surface area contributed by atoms with Crippen LogP contribution in [-0.2, 0) is 11.0 Å². The molecule has 0 bridgehead atoms. The molecule has 0 aliphatic carbocycles. The van der Waals surface area contributed by atoms with Crippen molar-refractivity contribution in [3.05, 3.63) is 28.2 Å². The molecule has 0 unspecified atom stereocenters. The molecule has 1 aromatic rings. The van der Waals surface area contributed by atoms with Crippen molar-refractivity contribution >= 4 is 27.5 Å². The fraction of sp³-hybridized carbons (Fsp3) is 0.417. The number of nitrogens with two attached hydrogens (primary N) is 1. The number of hydrogen-bond donors (Lipinski definition) is 2. The van der Waals surface area contributed by atoms with Crippen molar-refractivity contribution in [1.29, 1.82) is 0 Å². The summed E-state index contributed by atoms with van der Waals surface area (Å²) in [6.45, 7) is 3.51. The SMILES string of the molecule is CC(C)[C@@H](N)C(=O)Nc1ccc(Br)c(C(F)(F)F)c1. The predicted molar refractivity (Wildman–Crippen MR) is 70.6 cm³/mol. The number of carbonyl (C=O) groups excluding carboxylic acids is 1. The van der Waals surface area contributed by atoms with E-state index in [2.05, 4.69) is 21.2 Å². The van der Waals surface area contributed by atoms with Gasteiger partial charge >= 0.3 is 6.18 Å². The van der Waals surface area contributed by atoms with Crippen LogP contribution < -0.4 is 11.1 Å². The van der Waals surface area contributed by atoms with Gasteiger partial charge in [-0.3, -0.25) is 4.79 Å². The summed E-state index contributed by atoms with van der Waals surface area (Å²) in [7, 11) is 0. The molecule has 3 N–H and O–H groups in total. The standard InChI is InChI=1S/C12H14BrF3N2O/c1-6(2)10(17)11(19)18-7-3-4-9(13)8(5-7)12(14,15)16/h3-6,10H,17H2,1-2H3,(H,18,19)/t10-/m1/s1. The van der Waals surface area contributed by atoms with Gasteiger partial charge in [-0.15, -0.1) is 0 Å². The van der Waals surface area contributed by atoms with Crippen LogP contribution in [0.2, 0.25) is 0 Å². The second-order valence-electron chi connectivity index (χ2n) is 4.45. The summed E-state index contributed by atoms with van der Waals surface area (Å²) in [5, 5.41) is 2.38. The average Bonchev–Trinajstić information content (AvgIpc) is 2.28. The van der Waals surface area contributed by atoms with E-state index in [1.54, 1.807) is 13.8 Å². The number of rotatable bonds is 3. The molecule has 0 spiro atoms. The van der Waals surface area contributed by atoms with Crippen LogP contribution in [-0.4, -0.2) is 11.9 Å². The van der Waals surface area contributed by atoms with Crippen LogP contribution in [0, 0.1) is 5.92 Å². The molecule has 0 heterocycles. The second-order valence-corrected chi connectivity index (χ2v) is 5.31.